The van der Waals surface area contributed by atoms with Crippen molar-refractivity contribution in [1.29, 1.82) is 0 Å². The van der Waals surface area contributed by atoms with Crippen LogP contribution in [0.3, 0.4) is 0 Å². The highest BCUT2D eigenvalue weighted by atomic mass is 16.6. The molecule has 1 atom stereocenters. The lowest BCUT2D eigenvalue weighted by Gasteiger charge is -2.23. The van der Waals surface area contributed by atoms with Gasteiger partial charge >= 0.3 is 5.97 Å². The maximum Gasteiger partial charge on any atom is 0.325 e. The maximum atomic E-state index is 11.4. The summed E-state index contributed by atoms with van der Waals surface area (Å²) in [5.74, 6) is 0.477. The van der Waals surface area contributed by atoms with Crippen molar-refractivity contribution in [1.82, 2.24) is 5.32 Å². The van der Waals surface area contributed by atoms with Crippen molar-refractivity contribution in [2.45, 2.75) is 31.8 Å². The predicted octanol–water partition coefficient (Wildman–Crippen LogP) is 1.64. The SMILES string of the molecule is Cc1cc2c(cc1C(NC1CC1)C(=O)O)OCCO2. The zero-order valence-corrected chi connectivity index (χ0v) is 10.8. The van der Waals surface area contributed by atoms with E-state index in [1.165, 1.54) is 0 Å². The highest BCUT2D eigenvalue weighted by molar-refractivity contribution is 5.77. The number of fused-ring (bicyclic) bond motifs is 1. The zero-order chi connectivity index (χ0) is 13.4. The number of aliphatic carboxylic acids is 1. The lowest BCUT2D eigenvalue weighted by molar-refractivity contribution is -0.139. The second-order valence-corrected chi connectivity index (χ2v) is 5.06. The first-order chi connectivity index (χ1) is 9.15. The molecule has 5 nitrogen and oxygen atoms in total. The summed E-state index contributed by atoms with van der Waals surface area (Å²) in [7, 11) is 0. The third-order valence-electron chi connectivity index (χ3n) is 3.47. The molecule has 1 aromatic carbocycles. The topological polar surface area (TPSA) is 67.8 Å². The van der Waals surface area contributed by atoms with Gasteiger partial charge in [-0.3, -0.25) is 10.1 Å². The fraction of sp³-hybridized carbons (Fsp3) is 0.500. The van der Waals surface area contributed by atoms with Gasteiger partial charge in [0.25, 0.3) is 0 Å². The Morgan fingerprint density at radius 1 is 1.32 bits per heavy atom. The van der Waals surface area contributed by atoms with Crippen LogP contribution in [0.2, 0.25) is 0 Å². The molecule has 3 rings (SSSR count). The van der Waals surface area contributed by atoms with Crippen molar-refractivity contribution in [2.24, 2.45) is 0 Å². The van der Waals surface area contributed by atoms with Crippen molar-refractivity contribution in [3.63, 3.8) is 0 Å². The molecule has 0 spiro atoms. The Morgan fingerprint density at radius 3 is 2.53 bits per heavy atom. The first-order valence-corrected chi connectivity index (χ1v) is 6.54. The largest absolute Gasteiger partial charge is 0.486 e. The molecule has 5 heteroatoms. The number of carboxylic acids is 1. The van der Waals surface area contributed by atoms with Gasteiger partial charge in [-0.15, -0.1) is 0 Å². The minimum Gasteiger partial charge on any atom is -0.486 e. The van der Waals surface area contributed by atoms with Gasteiger partial charge in [0.1, 0.15) is 19.3 Å². The quantitative estimate of drug-likeness (QED) is 0.864. The highest BCUT2D eigenvalue weighted by Crippen LogP contribution is 2.36. The second kappa shape index (κ2) is 4.74. The molecule has 1 saturated carbocycles. The summed E-state index contributed by atoms with van der Waals surface area (Å²) in [6.07, 6.45) is 2.10. The third kappa shape index (κ3) is 2.51. The van der Waals surface area contributed by atoms with Gasteiger partial charge in [0.15, 0.2) is 11.5 Å². The van der Waals surface area contributed by atoms with Crippen LogP contribution in [0.25, 0.3) is 0 Å². The first kappa shape index (κ1) is 12.3. The monoisotopic (exact) mass is 263 g/mol. The van der Waals surface area contributed by atoms with Crippen LogP contribution in [0.5, 0.6) is 11.5 Å². The number of hydrogen-bond donors (Lipinski definition) is 2. The van der Waals surface area contributed by atoms with E-state index in [-0.39, 0.29) is 0 Å². The summed E-state index contributed by atoms with van der Waals surface area (Å²) in [6, 6.07) is 3.30. The van der Waals surface area contributed by atoms with Crippen LogP contribution in [-0.4, -0.2) is 30.3 Å². The smallest absolute Gasteiger partial charge is 0.325 e. The van der Waals surface area contributed by atoms with Gasteiger partial charge in [0.2, 0.25) is 0 Å². The lowest BCUT2D eigenvalue weighted by atomic mass is 10.00. The minimum absolute atomic E-state index is 0.328. The number of carbonyl (C=O) groups is 1. The summed E-state index contributed by atoms with van der Waals surface area (Å²) < 4.78 is 11.0. The van der Waals surface area contributed by atoms with E-state index < -0.39 is 12.0 Å². The Bertz CT molecular complexity index is 510. The van der Waals surface area contributed by atoms with Crippen molar-refractivity contribution in [2.75, 3.05) is 13.2 Å². The molecule has 0 saturated heterocycles. The van der Waals surface area contributed by atoms with Crippen LogP contribution in [0.1, 0.15) is 30.0 Å². The molecule has 0 bridgehead atoms. The molecule has 102 valence electrons. The Balaban J connectivity index is 1.94. The molecule has 19 heavy (non-hydrogen) atoms. The number of benzene rings is 1. The van der Waals surface area contributed by atoms with E-state index in [9.17, 15) is 9.90 Å². The maximum absolute atomic E-state index is 11.4. The van der Waals surface area contributed by atoms with Crippen LogP contribution in [-0.2, 0) is 4.79 Å². The molecule has 1 aliphatic heterocycles. The van der Waals surface area contributed by atoms with Crippen LogP contribution < -0.4 is 14.8 Å². The molecule has 1 aliphatic carbocycles. The van der Waals surface area contributed by atoms with Crippen LogP contribution >= 0.6 is 0 Å². The molecule has 1 unspecified atom stereocenters. The van der Waals surface area contributed by atoms with Gasteiger partial charge in [-0.2, -0.15) is 0 Å². The Morgan fingerprint density at radius 2 is 1.95 bits per heavy atom. The fourth-order valence-corrected chi connectivity index (χ4v) is 2.30. The van der Waals surface area contributed by atoms with Gasteiger partial charge in [-0.25, -0.2) is 0 Å². The molecule has 1 fully saturated rings. The van der Waals surface area contributed by atoms with Crippen molar-refractivity contribution >= 4 is 5.97 Å². The number of aryl methyl sites for hydroxylation is 1. The second-order valence-electron chi connectivity index (χ2n) is 5.06. The molecule has 0 amide bonds. The van der Waals surface area contributed by atoms with Crippen LogP contribution in [0.15, 0.2) is 12.1 Å². The van der Waals surface area contributed by atoms with Crippen LogP contribution in [0.4, 0.5) is 0 Å². The Hall–Kier alpha value is -1.75. The molecule has 2 N–H and O–H groups in total. The van der Waals surface area contributed by atoms with E-state index in [0.29, 0.717) is 30.8 Å². The summed E-state index contributed by atoms with van der Waals surface area (Å²) >= 11 is 0. The van der Waals surface area contributed by atoms with E-state index in [0.717, 1.165) is 24.0 Å². The van der Waals surface area contributed by atoms with E-state index >= 15 is 0 Å². The number of nitrogens with one attached hydrogen (secondary N) is 1. The van der Waals surface area contributed by atoms with Gasteiger partial charge in [-0.05, 0) is 43.0 Å². The van der Waals surface area contributed by atoms with Crippen molar-refractivity contribution in [3.8, 4) is 11.5 Å². The summed E-state index contributed by atoms with van der Waals surface area (Å²) in [6.45, 7) is 2.94. The molecule has 0 aromatic heterocycles. The number of rotatable bonds is 4. The summed E-state index contributed by atoms with van der Waals surface area (Å²) in [5.41, 5.74) is 1.66. The Kier molecular flexibility index (Phi) is 3.06. The third-order valence-corrected chi connectivity index (χ3v) is 3.47. The predicted molar refractivity (Wildman–Crippen MR) is 68.7 cm³/mol. The molecular formula is C14H17NO4. The van der Waals surface area contributed by atoms with Crippen LogP contribution in [0, 0.1) is 6.92 Å². The first-order valence-electron chi connectivity index (χ1n) is 6.54. The van der Waals surface area contributed by atoms with E-state index in [4.69, 9.17) is 9.47 Å². The van der Waals surface area contributed by atoms with E-state index in [2.05, 4.69) is 5.32 Å². The summed E-state index contributed by atoms with van der Waals surface area (Å²) in [4.78, 5) is 11.4. The molecule has 0 radical (unpaired) electrons. The van der Waals surface area contributed by atoms with Gasteiger partial charge in [0.05, 0.1) is 0 Å². The standard InChI is InChI=1S/C14H17NO4/c1-8-6-11-12(19-5-4-18-11)7-10(8)13(14(16)17)15-9-2-3-9/h6-7,9,13,15H,2-5H2,1H3,(H,16,17). The average molecular weight is 263 g/mol. The molecular weight excluding hydrogens is 246 g/mol. The van der Waals surface area contributed by atoms with Crippen molar-refractivity contribution < 1.29 is 19.4 Å². The van der Waals surface area contributed by atoms with Gasteiger partial charge in [-0.1, -0.05) is 0 Å². The normalized spacial score (nSPS) is 19.0. The lowest BCUT2D eigenvalue weighted by Crippen LogP contribution is -2.31. The molecule has 1 aromatic rings. The molecule has 2 aliphatic rings. The molecule has 1 heterocycles. The fourth-order valence-electron chi connectivity index (χ4n) is 2.30. The Labute approximate surface area is 111 Å². The van der Waals surface area contributed by atoms with E-state index in [1.54, 1.807) is 6.07 Å². The van der Waals surface area contributed by atoms with Crippen molar-refractivity contribution in [3.05, 3.63) is 23.3 Å². The average Bonchev–Trinajstić information content (AvgIpc) is 3.19. The van der Waals surface area contributed by atoms with E-state index in [1.807, 2.05) is 13.0 Å². The van der Waals surface area contributed by atoms with Gasteiger partial charge < -0.3 is 14.6 Å². The zero-order valence-electron chi connectivity index (χ0n) is 10.8. The number of hydrogen-bond acceptors (Lipinski definition) is 4. The summed E-state index contributed by atoms with van der Waals surface area (Å²) in [5, 5.41) is 12.6. The highest BCUT2D eigenvalue weighted by Gasteiger charge is 2.31. The minimum atomic E-state index is -0.855. The number of carboxylic acid groups (broad SMARTS) is 1. The van der Waals surface area contributed by atoms with Gasteiger partial charge in [0, 0.05) is 6.04 Å². The number of ether oxygens (including phenoxy) is 2.